The summed E-state index contributed by atoms with van der Waals surface area (Å²) in [4.78, 5) is 14.4. The Morgan fingerprint density at radius 3 is 2.91 bits per heavy atom. The highest BCUT2D eigenvalue weighted by atomic mass is 16.2. The first-order valence-corrected chi connectivity index (χ1v) is 8.30. The molecule has 1 fully saturated rings. The largest absolute Gasteiger partial charge is 0.354 e. The number of rotatable bonds is 6. The summed E-state index contributed by atoms with van der Waals surface area (Å²) in [7, 11) is 0. The van der Waals surface area contributed by atoms with E-state index in [9.17, 15) is 4.79 Å². The van der Waals surface area contributed by atoms with Gasteiger partial charge in [0.25, 0.3) is 0 Å². The van der Waals surface area contributed by atoms with Gasteiger partial charge in [0, 0.05) is 32.0 Å². The van der Waals surface area contributed by atoms with Gasteiger partial charge < -0.3 is 5.32 Å². The summed E-state index contributed by atoms with van der Waals surface area (Å²) >= 11 is 0. The lowest BCUT2D eigenvalue weighted by Crippen LogP contribution is -2.41. The van der Waals surface area contributed by atoms with Crippen LogP contribution in [0.1, 0.15) is 18.4 Å². The molecule has 1 atom stereocenters. The van der Waals surface area contributed by atoms with E-state index in [-0.39, 0.29) is 5.91 Å². The van der Waals surface area contributed by atoms with Gasteiger partial charge in [-0.3, -0.25) is 14.4 Å². The number of nitrogens with one attached hydrogen (secondary N) is 1. The fourth-order valence-corrected chi connectivity index (χ4v) is 3.16. The van der Waals surface area contributed by atoms with Gasteiger partial charge in [-0.1, -0.05) is 30.3 Å². The average molecular weight is 312 g/mol. The molecule has 0 bridgehead atoms. The predicted octanol–water partition coefficient (Wildman–Crippen LogP) is 1.91. The molecule has 1 aliphatic heterocycles. The molecule has 23 heavy (non-hydrogen) atoms. The Balaban J connectivity index is 1.42. The Kier molecular flexibility index (Phi) is 5.42. The van der Waals surface area contributed by atoms with Gasteiger partial charge in [0.15, 0.2) is 0 Å². The number of benzene rings is 1. The van der Waals surface area contributed by atoms with Crippen LogP contribution in [0.25, 0.3) is 0 Å². The molecule has 3 rings (SSSR count). The third-order valence-electron chi connectivity index (χ3n) is 4.30. The zero-order chi connectivity index (χ0) is 15.9. The first-order chi connectivity index (χ1) is 11.3. The monoisotopic (exact) mass is 312 g/mol. The first kappa shape index (κ1) is 15.7. The van der Waals surface area contributed by atoms with Gasteiger partial charge in [-0.2, -0.15) is 5.10 Å². The van der Waals surface area contributed by atoms with Crippen molar-refractivity contribution in [2.45, 2.75) is 25.9 Å². The third kappa shape index (κ3) is 4.93. The quantitative estimate of drug-likeness (QED) is 0.886. The molecule has 122 valence electrons. The third-order valence-corrected chi connectivity index (χ3v) is 4.30. The van der Waals surface area contributed by atoms with Gasteiger partial charge in [-0.15, -0.1) is 0 Å². The average Bonchev–Trinajstić information content (AvgIpc) is 3.07. The molecule has 0 saturated carbocycles. The second kappa shape index (κ2) is 7.92. The molecule has 1 saturated heterocycles. The molecule has 1 N–H and O–H groups in total. The van der Waals surface area contributed by atoms with Crippen LogP contribution < -0.4 is 5.32 Å². The van der Waals surface area contributed by atoms with Crippen LogP contribution in [0.15, 0.2) is 48.8 Å². The normalized spacial score (nSPS) is 18.7. The number of aromatic nitrogens is 2. The van der Waals surface area contributed by atoms with E-state index in [0.717, 1.165) is 26.2 Å². The molecular formula is C18H24N4O. The van der Waals surface area contributed by atoms with Gasteiger partial charge in [0.05, 0.1) is 0 Å². The molecule has 2 aromatic rings. The summed E-state index contributed by atoms with van der Waals surface area (Å²) < 4.78 is 1.65. The van der Waals surface area contributed by atoms with Crippen molar-refractivity contribution >= 4 is 5.91 Å². The minimum Gasteiger partial charge on any atom is -0.354 e. The zero-order valence-electron chi connectivity index (χ0n) is 13.4. The lowest BCUT2D eigenvalue weighted by molar-refractivity contribution is -0.122. The number of piperidine rings is 1. The van der Waals surface area contributed by atoms with Crippen LogP contribution in [0, 0.1) is 5.92 Å². The molecule has 1 aromatic carbocycles. The Labute approximate surface area is 137 Å². The van der Waals surface area contributed by atoms with Crippen molar-refractivity contribution in [1.82, 2.24) is 20.0 Å². The second-order valence-corrected chi connectivity index (χ2v) is 6.24. The minimum atomic E-state index is 0.0360. The van der Waals surface area contributed by atoms with Gasteiger partial charge in [-0.25, -0.2) is 0 Å². The van der Waals surface area contributed by atoms with E-state index in [4.69, 9.17) is 0 Å². The van der Waals surface area contributed by atoms with Crippen molar-refractivity contribution in [2.24, 2.45) is 5.92 Å². The van der Waals surface area contributed by atoms with Crippen LogP contribution in [0.3, 0.4) is 0 Å². The molecule has 2 heterocycles. The Morgan fingerprint density at radius 2 is 2.13 bits per heavy atom. The highest BCUT2D eigenvalue weighted by molar-refractivity contribution is 5.75. The maximum absolute atomic E-state index is 11.9. The molecule has 0 radical (unpaired) electrons. The van der Waals surface area contributed by atoms with E-state index >= 15 is 0 Å². The second-order valence-electron chi connectivity index (χ2n) is 6.24. The molecule has 0 aliphatic carbocycles. The summed E-state index contributed by atoms with van der Waals surface area (Å²) in [6.07, 6.45) is 5.89. The summed E-state index contributed by atoms with van der Waals surface area (Å²) in [5.41, 5.74) is 1.36. The molecular weight excluding hydrogens is 288 g/mol. The number of carbonyl (C=O) groups excluding carboxylic acids is 1. The highest BCUT2D eigenvalue weighted by Gasteiger charge is 2.20. The Bertz CT molecular complexity index is 597. The van der Waals surface area contributed by atoms with Crippen LogP contribution in [0.4, 0.5) is 0 Å². The first-order valence-electron chi connectivity index (χ1n) is 8.30. The fourth-order valence-electron chi connectivity index (χ4n) is 3.16. The van der Waals surface area contributed by atoms with Crippen LogP contribution >= 0.6 is 0 Å². The fraction of sp³-hybridized carbons (Fsp3) is 0.444. The molecule has 0 spiro atoms. The van der Waals surface area contributed by atoms with Crippen molar-refractivity contribution in [1.29, 1.82) is 0 Å². The van der Waals surface area contributed by atoms with Crippen molar-refractivity contribution in [3.8, 4) is 0 Å². The number of amides is 1. The molecule has 1 amide bonds. The summed E-state index contributed by atoms with van der Waals surface area (Å²) in [6, 6.07) is 12.4. The van der Waals surface area contributed by atoms with E-state index in [0.29, 0.717) is 12.5 Å². The Hall–Kier alpha value is -2.14. The van der Waals surface area contributed by atoms with Crippen molar-refractivity contribution in [2.75, 3.05) is 19.6 Å². The molecule has 1 aromatic heterocycles. The minimum absolute atomic E-state index is 0.0360. The van der Waals surface area contributed by atoms with E-state index < -0.39 is 0 Å². The predicted molar refractivity (Wildman–Crippen MR) is 89.7 cm³/mol. The lowest BCUT2D eigenvalue weighted by Gasteiger charge is -2.32. The summed E-state index contributed by atoms with van der Waals surface area (Å²) in [5, 5.41) is 7.11. The summed E-state index contributed by atoms with van der Waals surface area (Å²) in [5.74, 6) is 0.572. The standard InChI is InChI=1S/C18H24N4O/c23-18(15-22-11-5-9-20-22)19-12-17-8-4-10-21(14-17)13-16-6-2-1-3-7-16/h1-3,5-7,9,11,17H,4,8,10,12-15H2,(H,19,23)/t17-/m1/s1. The smallest absolute Gasteiger partial charge is 0.241 e. The number of likely N-dealkylation sites (tertiary alicyclic amines) is 1. The van der Waals surface area contributed by atoms with Crippen molar-refractivity contribution in [3.05, 3.63) is 54.4 Å². The Morgan fingerprint density at radius 1 is 1.26 bits per heavy atom. The van der Waals surface area contributed by atoms with E-state index in [1.54, 1.807) is 10.9 Å². The number of nitrogens with zero attached hydrogens (tertiary/aromatic N) is 3. The van der Waals surface area contributed by atoms with Gasteiger partial charge >= 0.3 is 0 Å². The van der Waals surface area contributed by atoms with E-state index in [1.165, 1.54) is 18.4 Å². The van der Waals surface area contributed by atoms with Gasteiger partial charge in [0.2, 0.25) is 5.91 Å². The topological polar surface area (TPSA) is 50.2 Å². The number of hydrogen-bond donors (Lipinski definition) is 1. The summed E-state index contributed by atoms with van der Waals surface area (Å²) in [6.45, 7) is 4.25. The van der Waals surface area contributed by atoms with Crippen LogP contribution in [-0.4, -0.2) is 40.2 Å². The number of carbonyl (C=O) groups is 1. The molecule has 5 nitrogen and oxygen atoms in total. The maximum Gasteiger partial charge on any atom is 0.241 e. The molecule has 0 unspecified atom stereocenters. The van der Waals surface area contributed by atoms with Crippen LogP contribution in [0.2, 0.25) is 0 Å². The SMILES string of the molecule is O=C(Cn1cccn1)NC[C@H]1CCCN(Cc2ccccc2)C1. The number of hydrogen-bond acceptors (Lipinski definition) is 3. The van der Waals surface area contributed by atoms with E-state index in [2.05, 4.69) is 45.6 Å². The van der Waals surface area contributed by atoms with Gasteiger partial charge in [-0.05, 0) is 36.9 Å². The molecule has 1 aliphatic rings. The highest BCUT2D eigenvalue weighted by Crippen LogP contribution is 2.18. The van der Waals surface area contributed by atoms with Crippen LogP contribution in [-0.2, 0) is 17.9 Å². The zero-order valence-corrected chi connectivity index (χ0v) is 13.4. The maximum atomic E-state index is 11.9. The van der Waals surface area contributed by atoms with E-state index in [1.807, 2.05) is 12.3 Å². The lowest BCUT2D eigenvalue weighted by atomic mass is 9.97. The van der Waals surface area contributed by atoms with Crippen LogP contribution in [0.5, 0.6) is 0 Å². The van der Waals surface area contributed by atoms with Gasteiger partial charge in [0.1, 0.15) is 6.54 Å². The van der Waals surface area contributed by atoms with Crippen molar-refractivity contribution < 1.29 is 4.79 Å². The van der Waals surface area contributed by atoms with Crippen molar-refractivity contribution in [3.63, 3.8) is 0 Å². The molecule has 5 heteroatoms.